The zero-order valence-electron chi connectivity index (χ0n) is 12.0. The molecule has 0 spiro atoms. The van der Waals surface area contributed by atoms with Gasteiger partial charge in [0.2, 0.25) is 0 Å². The van der Waals surface area contributed by atoms with Crippen LogP contribution in [-0.4, -0.2) is 14.2 Å². The summed E-state index contributed by atoms with van der Waals surface area (Å²) in [6, 6.07) is 12.3. The van der Waals surface area contributed by atoms with Gasteiger partial charge >= 0.3 is 0 Å². The molecular formula is C17H20O2. The van der Waals surface area contributed by atoms with Gasteiger partial charge in [0.25, 0.3) is 0 Å². The van der Waals surface area contributed by atoms with Crippen LogP contribution in [0, 0.1) is 13.8 Å². The summed E-state index contributed by atoms with van der Waals surface area (Å²) in [4.78, 5) is 0. The molecule has 0 bridgehead atoms. The third-order valence-electron chi connectivity index (χ3n) is 3.53. The van der Waals surface area contributed by atoms with Crippen LogP contribution in [0.15, 0.2) is 36.4 Å². The molecule has 0 radical (unpaired) electrons. The van der Waals surface area contributed by atoms with Crippen molar-refractivity contribution in [1.29, 1.82) is 0 Å². The maximum Gasteiger partial charge on any atom is 0.126 e. The third-order valence-corrected chi connectivity index (χ3v) is 3.53. The van der Waals surface area contributed by atoms with E-state index in [1.807, 2.05) is 18.2 Å². The van der Waals surface area contributed by atoms with Crippen molar-refractivity contribution in [2.45, 2.75) is 20.3 Å². The Hall–Kier alpha value is -1.96. The number of aryl methyl sites for hydroxylation is 2. The highest BCUT2D eigenvalue weighted by Crippen LogP contribution is 2.32. The predicted octanol–water partition coefficient (Wildman–Crippen LogP) is 3.91. The molecule has 2 aromatic rings. The largest absolute Gasteiger partial charge is 0.496 e. The molecule has 0 atom stereocenters. The first kappa shape index (κ1) is 13.5. The minimum absolute atomic E-state index is 0.825. The van der Waals surface area contributed by atoms with Crippen molar-refractivity contribution < 1.29 is 9.47 Å². The van der Waals surface area contributed by atoms with E-state index in [0.29, 0.717) is 0 Å². The van der Waals surface area contributed by atoms with Crippen LogP contribution in [0.25, 0.3) is 0 Å². The molecule has 0 saturated heterocycles. The van der Waals surface area contributed by atoms with Crippen molar-refractivity contribution in [3.05, 3.63) is 58.7 Å². The van der Waals surface area contributed by atoms with Gasteiger partial charge < -0.3 is 9.47 Å². The van der Waals surface area contributed by atoms with E-state index in [1.54, 1.807) is 14.2 Å². The average molecular weight is 256 g/mol. The number of methoxy groups -OCH3 is 2. The zero-order chi connectivity index (χ0) is 13.8. The van der Waals surface area contributed by atoms with Gasteiger partial charge in [-0.15, -0.1) is 0 Å². The average Bonchev–Trinajstić information content (AvgIpc) is 2.42. The van der Waals surface area contributed by atoms with Gasteiger partial charge in [-0.3, -0.25) is 0 Å². The monoisotopic (exact) mass is 256 g/mol. The molecule has 19 heavy (non-hydrogen) atoms. The first-order valence-corrected chi connectivity index (χ1v) is 6.42. The molecule has 2 aromatic carbocycles. The predicted molar refractivity (Wildman–Crippen MR) is 78.3 cm³/mol. The summed E-state index contributed by atoms with van der Waals surface area (Å²) in [6.07, 6.45) is 0.825. The maximum atomic E-state index is 5.46. The van der Waals surface area contributed by atoms with Crippen molar-refractivity contribution in [3.63, 3.8) is 0 Å². The summed E-state index contributed by atoms with van der Waals surface area (Å²) in [5, 5.41) is 0. The van der Waals surface area contributed by atoms with Gasteiger partial charge in [-0.2, -0.15) is 0 Å². The minimum atomic E-state index is 0.825. The Morgan fingerprint density at radius 3 is 1.68 bits per heavy atom. The number of hydrogen-bond donors (Lipinski definition) is 0. The van der Waals surface area contributed by atoms with E-state index in [9.17, 15) is 0 Å². The van der Waals surface area contributed by atoms with Crippen LogP contribution >= 0.6 is 0 Å². The molecule has 2 nitrogen and oxygen atoms in total. The summed E-state index contributed by atoms with van der Waals surface area (Å²) in [5.41, 5.74) is 5.04. The lowest BCUT2D eigenvalue weighted by atomic mass is 9.95. The van der Waals surface area contributed by atoms with E-state index in [2.05, 4.69) is 32.0 Å². The molecule has 0 N–H and O–H groups in total. The van der Waals surface area contributed by atoms with E-state index >= 15 is 0 Å². The van der Waals surface area contributed by atoms with Gasteiger partial charge in [0.1, 0.15) is 11.5 Å². The van der Waals surface area contributed by atoms with Crippen LogP contribution < -0.4 is 9.47 Å². The Kier molecular flexibility index (Phi) is 4.10. The molecule has 0 fully saturated rings. The molecule has 0 amide bonds. The van der Waals surface area contributed by atoms with Crippen LogP contribution in [0.3, 0.4) is 0 Å². The summed E-state index contributed by atoms with van der Waals surface area (Å²) in [7, 11) is 3.39. The molecule has 0 aromatic heterocycles. The fraction of sp³-hybridized carbons (Fsp3) is 0.294. The van der Waals surface area contributed by atoms with Crippen LogP contribution in [0.4, 0.5) is 0 Å². The van der Waals surface area contributed by atoms with Crippen molar-refractivity contribution in [2.24, 2.45) is 0 Å². The Morgan fingerprint density at radius 2 is 1.21 bits per heavy atom. The van der Waals surface area contributed by atoms with Crippen molar-refractivity contribution >= 4 is 0 Å². The smallest absolute Gasteiger partial charge is 0.126 e. The fourth-order valence-electron chi connectivity index (χ4n) is 2.41. The second-order valence-electron chi connectivity index (χ2n) is 4.69. The lowest BCUT2D eigenvalue weighted by Crippen LogP contribution is -2.01. The molecule has 0 aliphatic rings. The number of hydrogen-bond acceptors (Lipinski definition) is 2. The van der Waals surface area contributed by atoms with Gasteiger partial charge in [0.15, 0.2) is 0 Å². The van der Waals surface area contributed by atoms with Gasteiger partial charge in [0.05, 0.1) is 14.2 Å². The van der Waals surface area contributed by atoms with Crippen molar-refractivity contribution in [3.8, 4) is 11.5 Å². The van der Waals surface area contributed by atoms with Gasteiger partial charge in [-0.1, -0.05) is 24.3 Å². The highest BCUT2D eigenvalue weighted by molar-refractivity contribution is 5.49. The third kappa shape index (κ3) is 2.73. The Labute approximate surface area is 115 Å². The standard InChI is InChI=1S/C17H20O2/c1-12-7-5-8-13(2)14(12)11-15-16(18-3)9-6-10-17(15)19-4/h5-10H,11H2,1-4H3. The minimum Gasteiger partial charge on any atom is -0.496 e. The van der Waals surface area contributed by atoms with E-state index in [1.165, 1.54) is 16.7 Å². The Morgan fingerprint density at radius 1 is 0.737 bits per heavy atom. The SMILES string of the molecule is COc1cccc(OC)c1Cc1c(C)cccc1C. The van der Waals surface area contributed by atoms with E-state index < -0.39 is 0 Å². The number of ether oxygens (including phenoxy) is 2. The quantitative estimate of drug-likeness (QED) is 0.825. The maximum absolute atomic E-state index is 5.46. The molecule has 100 valence electrons. The Balaban J connectivity index is 2.48. The molecule has 0 aliphatic heterocycles. The summed E-state index contributed by atoms with van der Waals surface area (Å²) in [5.74, 6) is 1.75. The molecule has 0 heterocycles. The lowest BCUT2D eigenvalue weighted by molar-refractivity contribution is 0.387. The summed E-state index contributed by atoms with van der Waals surface area (Å²) < 4.78 is 10.9. The first-order chi connectivity index (χ1) is 9.17. The molecule has 2 rings (SSSR count). The van der Waals surface area contributed by atoms with Crippen molar-refractivity contribution in [1.82, 2.24) is 0 Å². The normalized spacial score (nSPS) is 10.3. The lowest BCUT2D eigenvalue weighted by Gasteiger charge is -2.15. The van der Waals surface area contributed by atoms with E-state index in [-0.39, 0.29) is 0 Å². The molecule has 0 saturated carbocycles. The first-order valence-electron chi connectivity index (χ1n) is 6.42. The number of benzene rings is 2. The topological polar surface area (TPSA) is 18.5 Å². The van der Waals surface area contributed by atoms with Crippen LogP contribution in [0.5, 0.6) is 11.5 Å². The highest BCUT2D eigenvalue weighted by Gasteiger charge is 2.12. The number of rotatable bonds is 4. The highest BCUT2D eigenvalue weighted by atomic mass is 16.5. The van der Waals surface area contributed by atoms with Gasteiger partial charge in [-0.05, 0) is 42.7 Å². The second-order valence-corrected chi connectivity index (χ2v) is 4.69. The van der Waals surface area contributed by atoms with E-state index in [0.717, 1.165) is 23.5 Å². The van der Waals surface area contributed by atoms with Crippen LogP contribution in [0.2, 0.25) is 0 Å². The Bertz CT molecular complexity index is 531. The van der Waals surface area contributed by atoms with Crippen LogP contribution in [0.1, 0.15) is 22.3 Å². The second kappa shape index (κ2) is 5.79. The molecule has 0 unspecified atom stereocenters. The van der Waals surface area contributed by atoms with E-state index in [4.69, 9.17) is 9.47 Å². The zero-order valence-corrected chi connectivity index (χ0v) is 12.0. The molecule has 0 aliphatic carbocycles. The fourth-order valence-corrected chi connectivity index (χ4v) is 2.41. The molecular weight excluding hydrogens is 236 g/mol. The van der Waals surface area contributed by atoms with Crippen molar-refractivity contribution in [2.75, 3.05) is 14.2 Å². The summed E-state index contributed by atoms with van der Waals surface area (Å²) in [6.45, 7) is 4.29. The van der Waals surface area contributed by atoms with Gasteiger partial charge in [0, 0.05) is 12.0 Å². The van der Waals surface area contributed by atoms with Gasteiger partial charge in [-0.25, -0.2) is 0 Å². The summed E-state index contributed by atoms with van der Waals surface area (Å²) >= 11 is 0. The van der Waals surface area contributed by atoms with Crippen LogP contribution in [-0.2, 0) is 6.42 Å². The molecule has 2 heteroatoms.